The van der Waals surface area contributed by atoms with Crippen LogP contribution < -0.4 is 0 Å². The maximum Gasteiger partial charge on any atom is 0.343 e. The zero-order valence-corrected chi connectivity index (χ0v) is 8.32. The van der Waals surface area contributed by atoms with Crippen LogP contribution in [-0.2, 0) is 4.57 Å². The van der Waals surface area contributed by atoms with Crippen molar-refractivity contribution >= 4 is 30.8 Å². The molecule has 0 heterocycles. The Morgan fingerprint density at radius 1 is 1.36 bits per heavy atom. The van der Waals surface area contributed by atoms with E-state index in [2.05, 4.69) is 0 Å². The van der Waals surface area contributed by atoms with Gasteiger partial charge < -0.3 is 9.79 Å². The van der Waals surface area contributed by atoms with Gasteiger partial charge in [-0.2, -0.15) is 0 Å². The van der Waals surface area contributed by atoms with Gasteiger partial charge in [0.25, 0.3) is 0 Å². The van der Waals surface area contributed by atoms with Crippen LogP contribution in [0.5, 0.6) is 0 Å². The number of alkyl halides is 2. The molecule has 3 nitrogen and oxygen atoms in total. The minimum absolute atomic E-state index is 0.318. The Morgan fingerprint density at radius 3 is 2.27 bits per heavy atom. The van der Waals surface area contributed by atoms with Gasteiger partial charge in [-0.05, 0) is 12.8 Å². The molecule has 11 heavy (non-hydrogen) atoms. The van der Waals surface area contributed by atoms with E-state index in [1.807, 2.05) is 0 Å². The average molecular weight is 221 g/mol. The number of rotatable bonds is 5. The highest BCUT2D eigenvalue weighted by Crippen LogP contribution is 2.45. The molecule has 0 fully saturated rings. The lowest BCUT2D eigenvalue weighted by Gasteiger charge is -2.09. The molecule has 1 atom stereocenters. The van der Waals surface area contributed by atoms with E-state index in [-0.39, 0.29) is 0 Å². The number of unbranched alkanes of at least 4 members (excludes halogenated alkanes) is 1. The molecule has 0 aliphatic carbocycles. The van der Waals surface area contributed by atoms with E-state index in [1.165, 1.54) is 0 Å². The largest absolute Gasteiger partial charge is 0.343 e. The molecule has 0 radical (unpaired) electrons. The van der Waals surface area contributed by atoms with Gasteiger partial charge in [-0.15, -0.1) is 23.2 Å². The summed E-state index contributed by atoms with van der Waals surface area (Å²) < 4.78 is 10.5. The topological polar surface area (TPSA) is 57.5 Å². The van der Waals surface area contributed by atoms with Gasteiger partial charge in [0.1, 0.15) is 5.12 Å². The lowest BCUT2D eigenvalue weighted by Crippen LogP contribution is -1.99. The summed E-state index contributed by atoms with van der Waals surface area (Å²) in [6.07, 6.45) is 1.71. The first-order valence-corrected chi connectivity index (χ1v) is 5.89. The minimum Gasteiger partial charge on any atom is -0.323 e. The van der Waals surface area contributed by atoms with E-state index in [1.54, 1.807) is 0 Å². The van der Waals surface area contributed by atoms with Gasteiger partial charge >= 0.3 is 7.60 Å². The zero-order valence-electron chi connectivity index (χ0n) is 5.91. The first kappa shape index (κ1) is 11.7. The monoisotopic (exact) mass is 220 g/mol. The van der Waals surface area contributed by atoms with Crippen molar-refractivity contribution in [3.8, 4) is 0 Å². The molecule has 0 amide bonds. The number of halogens is 2. The molecular formula is C5H11Cl2O3P. The molecule has 0 saturated carbocycles. The molecule has 6 heteroatoms. The molecule has 0 aromatic heterocycles. The standard InChI is InChI=1S/C5H11Cl2O3P/c6-4-2-1-3-5(7)11(8,9)10/h5H,1-4H2,(H2,8,9,10). The summed E-state index contributed by atoms with van der Waals surface area (Å²) in [6.45, 7) is 0. The van der Waals surface area contributed by atoms with Gasteiger partial charge in [0.2, 0.25) is 0 Å². The van der Waals surface area contributed by atoms with Crippen LogP contribution in [-0.4, -0.2) is 20.8 Å². The average Bonchev–Trinajstić information content (AvgIpc) is 1.86. The highest BCUT2D eigenvalue weighted by atomic mass is 35.5. The van der Waals surface area contributed by atoms with E-state index in [0.717, 1.165) is 6.42 Å². The lowest BCUT2D eigenvalue weighted by molar-refractivity contribution is 0.366. The maximum atomic E-state index is 10.5. The van der Waals surface area contributed by atoms with E-state index in [0.29, 0.717) is 18.7 Å². The number of hydrogen-bond acceptors (Lipinski definition) is 1. The second-order valence-corrected chi connectivity index (χ2v) is 5.22. The van der Waals surface area contributed by atoms with Crippen molar-refractivity contribution in [2.24, 2.45) is 0 Å². The third-order valence-corrected chi connectivity index (χ3v) is 3.43. The first-order valence-electron chi connectivity index (χ1n) is 3.23. The summed E-state index contributed by atoms with van der Waals surface area (Å²) in [4.78, 5) is 17.1. The smallest absolute Gasteiger partial charge is 0.323 e. The molecule has 0 aromatic carbocycles. The Balaban J connectivity index is 3.53. The van der Waals surface area contributed by atoms with Crippen LogP contribution in [0, 0.1) is 0 Å². The van der Waals surface area contributed by atoms with Crippen LogP contribution in [0.15, 0.2) is 0 Å². The van der Waals surface area contributed by atoms with E-state index in [9.17, 15) is 4.57 Å². The highest BCUT2D eigenvalue weighted by Gasteiger charge is 2.25. The van der Waals surface area contributed by atoms with E-state index in [4.69, 9.17) is 33.0 Å². The minimum atomic E-state index is -4.07. The Kier molecular flexibility index (Phi) is 5.75. The van der Waals surface area contributed by atoms with Crippen LogP contribution in [0.25, 0.3) is 0 Å². The molecule has 0 rings (SSSR count). The second-order valence-electron chi connectivity index (χ2n) is 2.21. The van der Waals surface area contributed by atoms with Crippen molar-refractivity contribution in [1.82, 2.24) is 0 Å². The Bertz CT molecular complexity index is 147. The summed E-state index contributed by atoms with van der Waals surface area (Å²) in [5, 5.41) is -1.05. The van der Waals surface area contributed by atoms with Gasteiger partial charge in [0.15, 0.2) is 0 Å². The fraction of sp³-hybridized carbons (Fsp3) is 1.00. The summed E-state index contributed by atoms with van der Waals surface area (Å²) >= 11 is 10.7. The van der Waals surface area contributed by atoms with Crippen molar-refractivity contribution in [1.29, 1.82) is 0 Å². The van der Waals surface area contributed by atoms with Crippen molar-refractivity contribution in [2.45, 2.75) is 24.4 Å². The predicted molar refractivity (Wildman–Crippen MR) is 46.3 cm³/mol. The van der Waals surface area contributed by atoms with Gasteiger partial charge in [-0.25, -0.2) is 0 Å². The SMILES string of the molecule is O=P(O)(O)C(Cl)CCCCCl. The molecule has 0 saturated heterocycles. The predicted octanol–water partition coefficient (Wildman–Crippen LogP) is 2.14. The van der Waals surface area contributed by atoms with Crippen LogP contribution in [0.4, 0.5) is 0 Å². The highest BCUT2D eigenvalue weighted by molar-refractivity contribution is 7.54. The van der Waals surface area contributed by atoms with Crippen molar-refractivity contribution < 1.29 is 14.4 Å². The normalized spacial score (nSPS) is 14.9. The number of hydrogen-bond donors (Lipinski definition) is 2. The van der Waals surface area contributed by atoms with Gasteiger partial charge in [-0.3, -0.25) is 4.57 Å². The van der Waals surface area contributed by atoms with Gasteiger partial charge in [-0.1, -0.05) is 6.42 Å². The van der Waals surface area contributed by atoms with Crippen LogP contribution in [0.3, 0.4) is 0 Å². The first-order chi connectivity index (χ1) is 4.98. The maximum absolute atomic E-state index is 10.5. The molecule has 68 valence electrons. The fourth-order valence-electron chi connectivity index (χ4n) is 0.575. The Morgan fingerprint density at radius 2 is 1.91 bits per heavy atom. The molecule has 1 unspecified atom stereocenters. The summed E-state index contributed by atoms with van der Waals surface area (Å²) in [6, 6.07) is 0. The molecular weight excluding hydrogens is 210 g/mol. The Labute approximate surface area is 75.9 Å². The Hall–Kier alpha value is 0.730. The molecule has 0 aromatic rings. The van der Waals surface area contributed by atoms with Crippen molar-refractivity contribution in [3.63, 3.8) is 0 Å². The van der Waals surface area contributed by atoms with Crippen molar-refractivity contribution in [3.05, 3.63) is 0 Å². The van der Waals surface area contributed by atoms with Crippen LogP contribution >= 0.6 is 30.8 Å². The quantitative estimate of drug-likeness (QED) is 0.424. The zero-order chi connectivity index (χ0) is 8.91. The van der Waals surface area contributed by atoms with Crippen LogP contribution in [0.2, 0.25) is 0 Å². The summed E-state index contributed by atoms with van der Waals surface area (Å²) in [7, 11) is -4.07. The third kappa shape index (κ3) is 5.94. The third-order valence-electron chi connectivity index (χ3n) is 1.19. The second kappa shape index (κ2) is 5.39. The summed E-state index contributed by atoms with van der Waals surface area (Å²) in [5.74, 6) is 0.505. The fourth-order valence-corrected chi connectivity index (χ4v) is 1.44. The summed E-state index contributed by atoms with van der Waals surface area (Å²) in [5.41, 5.74) is 0. The molecule has 0 spiro atoms. The van der Waals surface area contributed by atoms with E-state index < -0.39 is 12.7 Å². The van der Waals surface area contributed by atoms with Gasteiger partial charge in [0, 0.05) is 5.88 Å². The molecule has 0 aliphatic rings. The van der Waals surface area contributed by atoms with Crippen LogP contribution in [0.1, 0.15) is 19.3 Å². The van der Waals surface area contributed by atoms with Crippen molar-refractivity contribution in [2.75, 3.05) is 5.88 Å². The molecule has 0 aliphatic heterocycles. The lowest BCUT2D eigenvalue weighted by atomic mass is 10.3. The van der Waals surface area contributed by atoms with E-state index >= 15 is 0 Å². The van der Waals surface area contributed by atoms with Gasteiger partial charge in [0.05, 0.1) is 0 Å². The molecule has 2 N–H and O–H groups in total. The molecule has 0 bridgehead atoms.